The Morgan fingerprint density at radius 3 is 2.60 bits per heavy atom. The summed E-state index contributed by atoms with van der Waals surface area (Å²) in [5.41, 5.74) is 4.05. The summed E-state index contributed by atoms with van der Waals surface area (Å²) >= 11 is 0. The molecule has 0 amide bonds. The lowest BCUT2D eigenvalue weighted by Gasteiger charge is -2.09. The van der Waals surface area contributed by atoms with Crippen LogP contribution in [0.1, 0.15) is 35.4 Å². The molecule has 3 rings (SSSR count). The highest BCUT2D eigenvalue weighted by atomic mass is 16.1. The minimum Gasteiger partial charge on any atom is -0.265 e. The summed E-state index contributed by atoms with van der Waals surface area (Å²) in [6.07, 6.45) is 3.56. The molecule has 1 aliphatic carbocycles. The molecule has 0 unspecified atom stereocenters. The van der Waals surface area contributed by atoms with Gasteiger partial charge in [-0.2, -0.15) is 10.1 Å². The smallest absolute Gasteiger partial charge is 0.235 e. The average molecular weight is 267 g/mol. The van der Waals surface area contributed by atoms with Gasteiger partial charge in [0.25, 0.3) is 0 Å². The van der Waals surface area contributed by atoms with Crippen molar-refractivity contribution in [2.45, 2.75) is 38.8 Å². The van der Waals surface area contributed by atoms with Gasteiger partial charge in [-0.05, 0) is 32.3 Å². The second kappa shape index (κ2) is 4.73. The minimum absolute atomic E-state index is 0.342. The summed E-state index contributed by atoms with van der Waals surface area (Å²) < 4.78 is 2.00. The zero-order chi connectivity index (χ0) is 14.2. The molecule has 0 N–H and O–H groups in total. The van der Waals surface area contributed by atoms with Gasteiger partial charge in [0, 0.05) is 11.3 Å². The molecule has 0 radical (unpaired) electrons. The second-order valence-electron chi connectivity index (χ2n) is 5.42. The van der Waals surface area contributed by atoms with Crippen molar-refractivity contribution in [3.8, 4) is 0 Å². The monoisotopic (exact) mass is 267 g/mol. The van der Waals surface area contributed by atoms with Gasteiger partial charge in [0.2, 0.25) is 6.08 Å². The van der Waals surface area contributed by atoms with E-state index in [2.05, 4.69) is 29.1 Å². The van der Waals surface area contributed by atoms with Crippen molar-refractivity contribution in [2.24, 2.45) is 4.99 Å². The summed E-state index contributed by atoms with van der Waals surface area (Å²) in [7, 11) is 0. The fourth-order valence-electron chi connectivity index (χ4n) is 2.90. The molecular weight excluding hydrogens is 250 g/mol. The lowest BCUT2D eigenvalue weighted by atomic mass is 10.0. The first-order valence-corrected chi connectivity index (χ1v) is 6.84. The van der Waals surface area contributed by atoms with Crippen LogP contribution >= 0.6 is 0 Å². The van der Waals surface area contributed by atoms with Crippen molar-refractivity contribution < 1.29 is 4.79 Å². The van der Waals surface area contributed by atoms with Gasteiger partial charge in [-0.25, -0.2) is 4.79 Å². The highest BCUT2D eigenvalue weighted by Gasteiger charge is 2.48. The van der Waals surface area contributed by atoms with E-state index >= 15 is 0 Å². The molecule has 1 fully saturated rings. The van der Waals surface area contributed by atoms with E-state index in [0.29, 0.717) is 0 Å². The van der Waals surface area contributed by atoms with E-state index in [9.17, 15) is 4.79 Å². The van der Waals surface area contributed by atoms with Crippen LogP contribution in [0.2, 0.25) is 0 Å². The van der Waals surface area contributed by atoms with E-state index in [1.165, 1.54) is 5.56 Å². The van der Waals surface area contributed by atoms with Gasteiger partial charge in [-0.1, -0.05) is 30.3 Å². The first-order chi connectivity index (χ1) is 9.66. The van der Waals surface area contributed by atoms with E-state index < -0.39 is 0 Å². The van der Waals surface area contributed by atoms with E-state index in [0.717, 1.165) is 36.3 Å². The van der Waals surface area contributed by atoms with Crippen molar-refractivity contribution in [1.29, 1.82) is 0 Å². The maximum atomic E-state index is 10.6. The highest BCUT2D eigenvalue weighted by molar-refractivity contribution is 5.44. The molecule has 1 heterocycles. The predicted octanol–water partition coefficient (Wildman–Crippen LogP) is 2.87. The number of aryl methyl sites for hydroxylation is 1. The number of benzene rings is 1. The minimum atomic E-state index is -0.342. The molecular formula is C16H17N3O. The van der Waals surface area contributed by atoms with Crippen LogP contribution in [0, 0.1) is 13.8 Å². The Morgan fingerprint density at radius 2 is 2.00 bits per heavy atom. The van der Waals surface area contributed by atoms with Gasteiger partial charge in [0.15, 0.2) is 0 Å². The SMILES string of the molecule is Cc1nn(Cc2ccccc2)c(C)c1C1(N=C=O)CC1. The number of hydrogen-bond donors (Lipinski definition) is 0. The number of isocyanates is 1. The fourth-order valence-corrected chi connectivity index (χ4v) is 2.90. The quantitative estimate of drug-likeness (QED) is 0.631. The van der Waals surface area contributed by atoms with Crippen molar-refractivity contribution in [3.05, 3.63) is 52.8 Å². The molecule has 0 aliphatic heterocycles. The zero-order valence-corrected chi connectivity index (χ0v) is 11.8. The van der Waals surface area contributed by atoms with Crippen LogP contribution < -0.4 is 0 Å². The second-order valence-corrected chi connectivity index (χ2v) is 5.42. The summed E-state index contributed by atoms with van der Waals surface area (Å²) in [4.78, 5) is 14.7. The molecule has 0 saturated heterocycles. The number of hydrogen-bond acceptors (Lipinski definition) is 3. The highest BCUT2D eigenvalue weighted by Crippen LogP contribution is 2.51. The third-order valence-electron chi connectivity index (χ3n) is 4.01. The first kappa shape index (κ1) is 12.8. The van der Waals surface area contributed by atoms with Gasteiger partial charge in [-0.3, -0.25) is 4.68 Å². The molecule has 4 nitrogen and oxygen atoms in total. The number of carbonyl (C=O) groups excluding carboxylic acids is 1. The first-order valence-electron chi connectivity index (χ1n) is 6.84. The molecule has 1 aromatic heterocycles. The van der Waals surface area contributed by atoms with Gasteiger partial charge < -0.3 is 0 Å². The number of aromatic nitrogens is 2. The lowest BCUT2D eigenvalue weighted by Crippen LogP contribution is -2.08. The molecule has 1 aromatic carbocycles. The summed E-state index contributed by atoms with van der Waals surface area (Å²) in [5, 5.41) is 4.62. The van der Waals surface area contributed by atoms with Crippen LogP contribution in [0.25, 0.3) is 0 Å². The van der Waals surface area contributed by atoms with E-state index in [1.807, 2.05) is 29.8 Å². The Bertz CT molecular complexity index is 677. The van der Waals surface area contributed by atoms with E-state index in [-0.39, 0.29) is 5.54 Å². The van der Waals surface area contributed by atoms with Gasteiger partial charge in [-0.15, -0.1) is 0 Å². The van der Waals surface area contributed by atoms with Gasteiger partial charge in [0.05, 0.1) is 12.2 Å². The van der Waals surface area contributed by atoms with Crippen molar-refractivity contribution in [1.82, 2.24) is 9.78 Å². The largest absolute Gasteiger partial charge is 0.265 e. The van der Waals surface area contributed by atoms with Crippen LogP contribution in [0.5, 0.6) is 0 Å². The molecule has 0 bridgehead atoms. The predicted molar refractivity (Wildman–Crippen MR) is 76.3 cm³/mol. The fraction of sp³-hybridized carbons (Fsp3) is 0.375. The van der Waals surface area contributed by atoms with Gasteiger partial charge in [0.1, 0.15) is 5.54 Å². The standard InChI is InChI=1S/C16H17N3O/c1-12-15(16(8-9-16)17-11-20)13(2)19(18-12)10-14-6-4-3-5-7-14/h3-7H,8-10H2,1-2H3. The van der Waals surface area contributed by atoms with E-state index in [4.69, 9.17) is 0 Å². The Morgan fingerprint density at radius 1 is 1.30 bits per heavy atom. The molecule has 20 heavy (non-hydrogen) atoms. The average Bonchev–Trinajstić information content (AvgIpc) is 3.14. The molecule has 2 aromatic rings. The number of rotatable bonds is 4. The summed E-state index contributed by atoms with van der Waals surface area (Å²) in [5.74, 6) is 0. The topological polar surface area (TPSA) is 47.2 Å². The van der Waals surface area contributed by atoms with Crippen LogP contribution in [0.15, 0.2) is 35.3 Å². The molecule has 1 saturated carbocycles. The Balaban J connectivity index is 1.97. The van der Waals surface area contributed by atoms with E-state index in [1.54, 1.807) is 6.08 Å². The zero-order valence-electron chi connectivity index (χ0n) is 11.8. The van der Waals surface area contributed by atoms with Crippen molar-refractivity contribution in [3.63, 3.8) is 0 Å². The van der Waals surface area contributed by atoms with Crippen molar-refractivity contribution >= 4 is 6.08 Å². The van der Waals surface area contributed by atoms with Crippen LogP contribution in [-0.2, 0) is 16.9 Å². The van der Waals surface area contributed by atoms with Crippen LogP contribution in [-0.4, -0.2) is 15.9 Å². The Labute approximate surface area is 118 Å². The summed E-state index contributed by atoms with van der Waals surface area (Å²) in [6.45, 7) is 4.79. The van der Waals surface area contributed by atoms with Crippen LogP contribution in [0.4, 0.5) is 0 Å². The van der Waals surface area contributed by atoms with Crippen LogP contribution in [0.3, 0.4) is 0 Å². The normalized spacial score (nSPS) is 15.7. The number of nitrogens with zero attached hydrogens (tertiary/aromatic N) is 3. The molecule has 0 atom stereocenters. The third-order valence-corrected chi connectivity index (χ3v) is 4.01. The number of aliphatic imine (C=N–C) groups is 1. The third kappa shape index (κ3) is 2.08. The lowest BCUT2D eigenvalue weighted by molar-refractivity contribution is 0.555. The molecule has 102 valence electrons. The Hall–Kier alpha value is -2.19. The van der Waals surface area contributed by atoms with Crippen molar-refractivity contribution in [2.75, 3.05) is 0 Å². The molecule has 0 spiro atoms. The Kier molecular flexibility index (Phi) is 3.03. The molecule has 4 heteroatoms. The maximum Gasteiger partial charge on any atom is 0.235 e. The van der Waals surface area contributed by atoms with Gasteiger partial charge >= 0.3 is 0 Å². The molecule has 1 aliphatic rings. The maximum absolute atomic E-state index is 10.6. The summed E-state index contributed by atoms with van der Waals surface area (Å²) in [6, 6.07) is 10.2.